The van der Waals surface area contributed by atoms with Crippen LogP contribution >= 0.6 is 0 Å². The summed E-state index contributed by atoms with van der Waals surface area (Å²) in [5.41, 5.74) is 5.73. The van der Waals surface area contributed by atoms with Crippen LogP contribution in [-0.4, -0.2) is 83.0 Å². The standard InChI is InChI=1S/C30H38N4O3/c1-21(35)33-14-9-24(10-15-33)31-25-6-7-28-27(16-25)29(37)34(20-30(28)11-12-30)19-26(36)18-32-13-8-22-4-2-3-5-23(22)17-32/h2-7,16,24,26,31,36H,8-15,17-20H2,1H3. The van der Waals surface area contributed by atoms with Gasteiger partial charge in [-0.1, -0.05) is 30.3 Å². The van der Waals surface area contributed by atoms with Gasteiger partial charge in [-0.3, -0.25) is 14.5 Å². The van der Waals surface area contributed by atoms with Crippen molar-refractivity contribution >= 4 is 17.5 Å². The molecule has 3 aliphatic heterocycles. The maximum atomic E-state index is 13.6. The minimum absolute atomic E-state index is 0.0330. The highest BCUT2D eigenvalue weighted by molar-refractivity contribution is 5.98. The van der Waals surface area contributed by atoms with E-state index in [9.17, 15) is 14.7 Å². The highest BCUT2D eigenvalue weighted by Gasteiger charge is 2.51. The number of piperidine rings is 1. The van der Waals surface area contributed by atoms with Gasteiger partial charge in [0.05, 0.1) is 6.10 Å². The van der Waals surface area contributed by atoms with E-state index >= 15 is 0 Å². The first kappa shape index (κ1) is 24.4. The summed E-state index contributed by atoms with van der Waals surface area (Å²) in [6.07, 6.45) is 4.45. The number of likely N-dealkylation sites (tertiary alicyclic amines) is 1. The van der Waals surface area contributed by atoms with Crippen LogP contribution in [0.3, 0.4) is 0 Å². The first-order valence-corrected chi connectivity index (χ1v) is 13.8. The average Bonchev–Trinajstić information content (AvgIpc) is 3.67. The zero-order valence-corrected chi connectivity index (χ0v) is 21.8. The number of nitrogens with one attached hydrogen (secondary N) is 1. The van der Waals surface area contributed by atoms with E-state index in [1.807, 2.05) is 15.9 Å². The molecule has 37 heavy (non-hydrogen) atoms. The van der Waals surface area contributed by atoms with Crippen molar-refractivity contribution in [1.29, 1.82) is 0 Å². The molecule has 2 fully saturated rings. The summed E-state index contributed by atoms with van der Waals surface area (Å²) in [6.45, 7) is 6.63. The normalized spacial score (nSPS) is 21.9. The molecule has 1 aliphatic carbocycles. The number of aliphatic hydroxyl groups excluding tert-OH is 1. The molecule has 0 bridgehead atoms. The molecular formula is C30H38N4O3. The Bertz CT molecular complexity index is 1190. The van der Waals surface area contributed by atoms with Gasteiger partial charge < -0.3 is 20.2 Å². The molecule has 1 atom stereocenters. The fourth-order valence-corrected chi connectivity index (χ4v) is 6.59. The molecule has 2 amide bonds. The van der Waals surface area contributed by atoms with E-state index in [-0.39, 0.29) is 17.2 Å². The van der Waals surface area contributed by atoms with Gasteiger partial charge in [-0.15, -0.1) is 0 Å². The second-order valence-corrected chi connectivity index (χ2v) is 11.6. The van der Waals surface area contributed by atoms with Crippen molar-refractivity contribution in [3.63, 3.8) is 0 Å². The highest BCUT2D eigenvalue weighted by atomic mass is 16.3. The SMILES string of the molecule is CC(=O)N1CCC(Nc2ccc3c(c2)C(=O)N(CC(O)CN2CCc4ccccc4C2)CC32CC2)CC1. The number of aliphatic hydroxyl groups is 1. The molecule has 7 nitrogen and oxygen atoms in total. The predicted molar refractivity (Wildman–Crippen MR) is 144 cm³/mol. The van der Waals surface area contributed by atoms with Crippen LogP contribution in [0.1, 0.15) is 59.7 Å². The molecule has 1 saturated heterocycles. The Morgan fingerprint density at radius 3 is 2.57 bits per heavy atom. The number of amides is 2. The Hall–Kier alpha value is -2.90. The fraction of sp³-hybridized carbons (Fsp3) is 0.533. The third-order valence-corrected chi connectivity index (χ3v) is 8.88. The number of rotatable bonds is 6. The Balaban J connectivity index is 1.11. The third kappa shape index (κ3) is 4.99. The molecule has 7 heteroatoms. The minimum Gasteiger partial charge on any atom is -0.390 e. The average molecular weight is 503 g/mol. The van der Waals surface area contributed by atoms with Crippen LogP contribution in [0.5, 0.6) is 0 Å². The van der Waals surface area contributed by atoms with Gasteiger partial charge in [0.25, 0.3) is 5.91 Å². The zero-order chi connectivity index (χ0) is 25.6. The van der Waals surface area contributed by atoms with E-state index < -0.39 is 6.10 Å². The van der Waals surface area contributed by atoms with Crippen molar-refractivity contribution in [2.75, 3.05) is 44.6 Å². The quantitative estimate of drug-likeness (QED) is 0.635. The summed E-state index contributed by atoms with van der Waals surface area (Å²) in [5.74, 6) is 0.172. The molecular weight excluding hydrogens is 464 g/mol. The van der Waals surface area contributed by atoms with Crippen LogP contribution in [0.4, 0.5) is 5.69 Å². The van der Waals surface area contributed by atoms with E-state index in [1.54, 1.807) is 6.92 Å². The van der Waals surface area contributed by atoms with E-state index in [1.165, 1.54) is 16.7 Å². The summed E-state index contributed by atoms with van der Waals surface area (Å²) >= 11 is 0. The molecule has 6 rings (SSSR count). The number of carbonyl (C=O) groups is 2. The summed E-state index contributed by atoms with van der Waals surface area (Å²) in [5, 5.41) is 14.6. The highest BCUT2D eigenvalue weighted by Crippen LogP contribution is 2.52. The van der Waals surface area contributed by atoms with E-state index in [0.29, 0.717) is 25.7 Å². The number of anilines is 1. The molecule has 1 unspecified atom stereocenters. The first-order valence-electron chi connectivity index (χ1n) is 13.8. The van der Waals surface area contributed by atoms with Crippen LogP contribution in [0.2, 0.25) is 0 Å². The number of hydrogen-bond acceptors (Lipinski definition) is 5. The largest absolute Gasteiger partial charge is 0.390 e. The molecule has 0 radical (unpaired) electrons. The predicted octanol–water partition coefficient (Wildman–Crippen LogP) is 3.02. The molecule has 2 aromatic carbocycles. The smallest absolute Gasteiger partial charge is 0.254 e. The van der Waals surface area contributed by atoms with Gasteiger partial charge in [-0.2, -0.15) is 0 Å². The molecule has 2 aromatic rings. The molecule has 196 valence electrons. The summed E-state index contributed by atoms with van der Waals surface area (Å²) in [4.78, 5) is 31.4. The van der Waals surface area contributed by atoms with Crippen LogP contribution in [0.25, 0.3) is 0 Å². The number of benzene rings is 2. The lowest BCUT2D eigenvalue weighted by Gasteiger charge is -2.37. The third-order valence-electron chi connectivity index (χ3n) is 8.88. The Labute approximate surface area is 219 Å². The van der Waals surface area contributed by atoms with Gasteiger partial charge >= 0.3 is 0 Å². The van der Waals surface area contributed by atoms with Gasteiger partial charge in [-0.25, -0.2) is 0 Å². The molecule has 3 heterocycles. The van der Waals surface area contributed by atoms with Crippen molar-refractivity contribution < 1.29 is 14.7 Å². The van der Waals surface area contributed by atoms with E-state index in [0.717, 1.165) is 69.5 Å². The van der Waals surface area contributed by atoms with E-state index in [2.05, 4.69) is 46.6 Å². The van der Waals surface area contributed by atoms with Crippen LogP contribution in [0, 0.1) is 0 Å². The van der Waals surface area contributed by atoms with Crippen molar-refractivity contribution in [1.82, 2.24) is 14.7 Å². The number of β-amino-alcohol motifs (C(OH)–C–C–N with tert-alkyl or cyclic N) is 1. The van der Waals surface area contributed by atoms with Crippen LogP contribution in [-0.2, 0) is 23.2 Å². The van der Waals surface area contributed by atoms with Gasteiger partial charge in [0.15, 0.2) is 0 Å². The van der Waals surface area contributed by atoms with Crippen LogP contribution in [0.15, 0.2) is 42.5 Å². The van der Waals surface area contributed by atoms with Gasteiger partial charge in [0.2, 0.25) is 5.91 Å². The Kier molecular flexibility index (Phi) is 6.45. The summed E-state index contributed by atoms with van der Waals surface area (Å²) < 4.78 is 0. The maximum Gasteiger partial charge on any atom is 0.254 e. The monoisotopic (exact) mass is 502 g/mol. The summed E-state index contributed by atoms with van der Waals surface area (Å²) in [7, 11) is 0. The Morgan fingerprint density at radius 2 is 1.84 bits per heavy atom. The number of fused-ring (bicyclic) bond motifs is 3. The van der Waals surface area contributed by atoms with Crippen molar-refractivity contribution in [3.8, 4) is 0 Å². The van der Waals surface area contributed by atoms with Crippen molar-refractivity contribution in [2.45, 2.75) is 63.1 Å². The lowest BCUT2D eigenvalue weighted by atomic mass is 9.86. The lowest BCUT2D eigenvalue weighted by molar-refractivity contribution is -0.129. The van der Waals surface area contributed by atoms with Gasteiger partial charge in [-0.05, 0) is 60.9 Å². The molecule has 1 spiro atoms. The van der Waals surface area contributed by atoms with Gasteiger partial charge in [0, 0.05) is 75.4 Å². The number of hydrogen-bond donors (Lipinski definition) is 2. The Morgan fingerprint density at radius 1 is 1.08 bits per heavy atom. The molecule has 4 aliphatic rings. The first-order chi connectivity index (χ1) is 17.9. The number of nitrogens with zero attached hydrogens (tertiary/aromatic N) is 3. The molecule has 2 N–H and O–H groups in total. The van der Waals surface area contributed by atoms with Crippen molar-refractivity contribution in [3.05, 3.63) is 64.7 Å². The van der Waals surface area contributed by atoms with Gasteiger partial charge in [0.1, 0.15) is 0 Å². The second kappa shape index (κ2) is 9.76. The second-order valence-electron chi connectivity index (χ2n) is 11.6. The number of carbonyl (C=O) groups excluding carboxylic acids is 2. The molecule has 0 aromatic heterocycles. The van der Waals surface area contributed by atoms with Crippen LogP contribution < -0.4 is 5.32 Å². The van der Waals surface area contributed by atoms with Crippen molar-refractivity contribution in [2.24, 2.45) is 0 Å². The summed E-state index contributed by atoms with van der Waals surface area (Å²) in [6, 6.07) is 15.1. The lowest BCUT2D eigenvalue weighted by Crippen LogP contribution is -2.49. The molecule has 1 saturated carbocycles. The fourth-order valence-electron chi connectivity index (χ4n) is 6.59. The topological polar surface area (TPSA) is 76.1 Å². The van der Waals surface area contributed by atoms with E-state index in [4.69, 9.17) is 0 Å². The maximum absolute atomic E-state index is 13.6. The zero-order valence-electron chi connectivity index (χ0n) is 21.8. The minimum atomic E-state index is -0.570.